The Morgan fingerprint density at radius 2 is 1.84 bits per heavy atom. The molecule has 1 aliphatic heterocycles. The summed E-state index contributed by atoms with van der Waals surface area (Å²) < 4.78 is 33.1. The van der Waals surface area contributed by atoms with Gasteiger partial charge < -0.3 is 15.2 Å². The molecule has 3 aromatic rings. The van der Waals surface area contributed by atoms with Crippen molar-refractivity contribution in [2.75, 3.05) is 13.2 Å². The van der Waals surface area contributed by atoms with Crippen molar-refractivity contribution >= 4 is 37.4 Å². The second kappa shape index (κ2) is 8.80. The van der Waals surface area contributed by atoms with E-state index in [0.717, 1.165) is 11.1 Å². The van der Waals surface area contributed by atoms with Crippen LogP contribution in [0.1, 0.15) is 21.5 Å². The van der Waals surface area contributed by atoms with Crippen molar-refractivity contribution in [1.82, 2.24) is 5.32 Å². The number of benzene rings is 3. The highest BCUT2D eigenvalue weighted by Gasteiger charge is 2.29. The van der Waals surface area contributed by atoms with E-state index in [9.17, 15) is 18.3 Å². The number of fused-ring (bicyclic) bond motifs is 1. The summed E-state index contributed by atoms with van der Waals surface area (Å²) in [4.78, 5) is 12.3. The van der Waals surface area contributed by atoms with Crippen LogP contribution in [0.3, 0.4) is 0 Å². The summed E-state index contributed by atoms with van der Waals surface area (Å²) in [6.45, 7) is 4.01. The van der Waals surface area contributed by atoms with Crippen molar-refractivity contribution in [3.63, 3.8) is 0 Å². The van der Waals surface area contributed by atoms with Gasteiger partial charge in [-0.2, -0.15) is 0 Å². The van der Waals surface area contributed by atoms with Gasteiger partial charge in [-0.3, -0.25) is 4.79 Å². The zero-order valence-corrected chi connectivity index (χ0v) is 19.4. The molecule has 164 valence electrons. The summed E-state index contributed by atoms with van der Waals surface area (Å²) in [5.74, 6) is -0.993. The van der Waals surface area contributed by atoms with Gasteiger partial charge in [0.2, 0.25) is 0 Å². The molecule has 0 fully saturated rings. The molecule has 4 rings (SSSR count). The fourth-order valence-electron chi connectivity index (χ4n) is 3.62. The third kappa shape index (κ3) is 4.42. The minimum absolute atomic E-state index is 0.0341. The van der Waals surface area contributed by atoms with Crippen LogP contribution in [0.5, 0.6) is 5.75 Å². The van der Waals surface area contributed by atoms with Crippen molar-refractivity contribution < 1.29 is 23.1 Å². The number of halogens is 1. The van der Waals surface area contributed by atoms with Gasteiger partial charge in [0.05, 0.1) is 17.9 Å². The highest BCUT2D eigenvalue weighted by atomic mass is 79.9. The van der Waals surface area contributed by atoms with Crippen LogP contribution in [0.4, 0.5) is 0 Å². The Labute approximate surface area is 194 Å². The normalized spacial score (nSPS) is 13.5. The smallest absolute Gasteiger partial charge is 0.255 e. The van der Waals surface area contributed by atoms with E-state index in [0.29, 0.717) is 15.6 Å². The monoisotopic (exact) mass is 513 g/mol. The van der Waals surface area contributed by atoms with Crippen LogP contribution in [0, 0.1) is 0 Å². The van der Waals surface area contributed by atoms with Gasteiger partial charge >= 0.3 is 0 Å². The summed E-state index contributed by atoms with van der Waals surface area (Å²) >= 11 is 3.30. The molecule has 6 nitrogen and oxygen atoms in total. The van der Waals surface area contributed by atoms with Gasteiger partial charge in [0, 0.05) is 10.0 Å². The first-order valence-electron chi connectivity index (χ1n) is 9.80. The Bertz CT molecular complexity index is 1320. The molecule has 0 aliphatic carbocycles. The van der Waals surface area contributed by atoms with Crippen molar-refractivity contribution in [2.24, 2.45) is 0 Å². The number of ether oxygens (including phenoxy) is 1. The fourth-order valence-corrected chi connectivity index (χ4v) is 5.79. The summed E-state index contributed by atoms with van der Waals surface area (Å²) in [5, 5.41) is 12.7. The molecule has 0 spiro atoms. The molecule has 0 unspecified atom stereocenters. The molecule has 0 atom stereocenters. The van der Waals surface area contributed by atoms with Crippen molar-refractivity contribution in [2.45, 2.75) is 10.6 Å². The molecule has 2 N–H and O–H groups in total. The van der Waals surface area contributed by atoms with E-state index >= 15 is 0 Å². The van der Waals surface area contributed by atoms with Gasteiger partial charge in [0.25, 0.3) is 5.91 Å². The number of aliphatic hydroxyl groups is 1. The van der Waals surface area contributed by atoms with E-state index in [-0.39, 0.29) is 35.1 Å². The maximum absolute atomic E-state index is 13.5. The van der Waals surface area contributed by atoms with Gasteiger partial charge in [-0.05, 0) is 34.9 Å². The van der Waals surface area contributed by atoms with Crippen LogP contribution in [0.2, 0.25) is 0 Å². The number of nitrogens with one attached hydrogen (secondary N) is 1. The van der Waals surface area contributed by atoms with E-state index in [1.165, 1.54) is 12.1 Å². The fraction of sp³-hybridized carbons (Fsp3) is 0.125. The molecule has 8 heteroatoms. The van der Waals surface area contributed by atoms with E-state index in [2.05, 4.69) is 27.8 Å². The summed E-state index contributed by atoms with van der Waals surface area (Å²) in [5.41, 5.74) is 2.61. The summed E-state index contributed by atoms with van der Waals surface area (Å²) in [6.07, 6.45) is 0. The second-order valence-electron chi connectivity index (χ2n) is 7.33. The molecular weight excluding hydrogens is 494 g/mol. The Balaban J connectivity index is 1.82. The number of amides is 1. The Morgan fingerprint density at radius 3 is 2.56 bits per heavy atom. The van der Waals surface area contributed by atoms with Crippen molar-refractivity contribution in [3.8, 4) is 16.9 Å². The first kappa shape index (κ1) is 22.1. The van der Waals surface area contributed by atoms with Gasteiger partial charge in [-0.15, -0.1) is 0 Å². The maximum atomic E-state index is 13.5. The quantitative estimate of drug-likeness (QED) is 0.480. The van der Waals surface area contributed by atoms with Gasteiger partial charge in [0.1, 0.15) is 17.3 Å². The molecule has 0 bridgehead atoms. The van der Waals surface area contributed by atoms with E-state index in [4.69, 9.17) is 4.74 Å². The highest BCUT2D eigenvalue weighted by Crippen LogP contribution is 2.36. The van der Waals surface area contributed by atoms with Crippen molar-refractivity contribution in [1.29, 1.82) is 0 Å². The lowest BCUT2D eigenvalue weighted by molar-refractivity contribution is 0.0957. The van der Waals surface area contributed by atoms with E-state index < -0.39 is 21.5 Å². The maximum Gasteiger partial charge on any atom is 0.255 e. The highest BCUT2D eigenvalue weighted by molar-refractivity contribution is 9.10. The number of carbonyl (C=O) groups excluding carboxylic acids is 1. The second-order valence-corrected chi connectivity index (χ2v) is 10.2. The number of hydrogen-bond acceptors (Lipinski definition) is 5. The largest absolute Gasteiger partial charge is 0.508 e. The van der Waals surface area contributed by atoms with Crippen LogP contribution < -0.4 is 10.1 Å². The number of sulfone groups is 1. The first-order valence-corrected chi connectivity index (χ1v) is 12.2. The van der Waals surface area contributed by atoms with Gasteiger partial charge in [0.15, 0.2) is 15.6 Å². The predicted octanol–water partition coefficient (Wildman–Crippen LogP) is 4.74. The summed E-state index contributed by atoms with van der Waals surface area (Å²) in [6, 6.07) is 17.7. The van der Waals surface area contributed by atoms with E-state index in [1.54, 1.807) is 18.2 Å². The molecule has 0 saturated carbocycles. The molecule has 1 heterocycles. The Kier molecular flexibility index (Phi) is 6.08. The first-order chi connectivity index (χ1) is 15.3. The predicted molar refractivity (Wildman–Crippen MR) is 126 cm³/mol. The molecule has 0 saturated heterocycles. The third-order valence-electron chi connectivity index (χ3n) is 5.10. The number of hydrogen-bond donors (Lipinski definition) is 2. The minimum Gasteiger partial charge on any atom is -0.508 e. The van der Waals surface area contributed by atoms with Gasteiger partial charge in [-0.25, -0.2) is 8.42 Å². The summed E-state index contributed by atoms with van der Waals surface area (Å²) in [7, 11) is -3.96. The van der Waals surface area contributed by atoms with Crippen LogP contribution in [-0.4, -0.2) is 32.6 Å². The lowest BCUT2D eigenvalue weighted by atomic mass is 9.99. The van der Waals surface area contributed by atoms with Crippen LogP contribution >= 0.6 is 15.9 Å². The van der Waals surface area contributed by atoms with Crippen molar-refractivity contribution in [3.05, 3.63) is 88.4 Å². The minimum atomic E-state index is -3.96. The molecular formula is C24H20BrNO5S. The molecule has 32 heavy (non-hydrogen) atoms. The zero-order valence-electron chi connectivity index (χ0n) is 17.0. The molecule has 1 aliphatic rings. The SMILES string of the molecule is C=C(O)c1ccc(-c2ccccc2)cc1CS(=O)(=O)c1cc(Br)cc2c1OCCNC2=O. The molecule has 0 radical (unpaired) electrons. The Morgan fingerprint density at radius 1 is 1.09 bits per heavy atom. The zero-order chi connectivity index (χ0) is 22.9. The number of rotatable bonds is 5. The van der Waals surface area contributed by atoms with Crippen LogP contribution in [0.25, 0.3) is 16.9 Å². The molecule has 1 amide bonds. The Hall–Kier alpha value is -3.10. The van der Waals surface area contributed by atoms with Crippen LogP contribution in [-0.2, 0) is 15.6 Å². The standard InChI is InChI=1S/C24H20BrNO5S/c1-15(27)20-8-7-17(16-5-3-2-4-6-16)11-18(20)14-32(29,30)22-13-19(25)12-21-23(22)31-10-9-26-24(21)28/h2-8,11-13,27H,1,9-10,14H2,(H,26,28). The lowest BCUT2D eigenvalue weighted by Crippen LogP contribution is -2.24. The third-order valence-corrected chi connectivity index (χ3v) is 7.22. The average Bonchev–Trinajstić information content (AvgIpc) is 2.94. The topological polar surface area (TPSA) is 92.7 Å². The number of aliphatic hydroxyl groups excluding tert-OH is 1. The average molecular weight is 514 g/mol. The lowest BCUT2D eigenvalue weighted by Gasteiger charge is -2.15. The molecule has 0 aromatic heterocycles. The van der Waals surface area contributed by atoms with E-state index in [1.807, 2.05) is 30.3 Å². The molecule has 3 aromatic carbocycles. The number of carbonyl (C=O) groups is 1. The van der Waals surface area contributed by atoms with Crippen LogP contribution in [0.15, 0.2) is 76.6 Å². The van der Waals surface area contributed by atoms with Gasteiger partial charge in [-0.1, -0.05) is 65.0 Å².